The van der Waals surface area contributed by atoms with Gasteiger partial charge in [-0.05, 0) is 38.5 Å². The van der Waals surface area contributed by atoms with Crippen LogP contribution in [0.1, 0.15) is 38.5 Å². The van der Waals surface area contributed by atoms with E-state index in [0.29, 0.717) is 38.5 Å². The summed E-state index contributed by atoms with van der Waals surface area (Å²) < 4.78 is 30.9. The van der Waals surface area contributed by atoms with Crippen molar-refractivity contribution in [3.05, 3.63) is 25.3 Å². The highest BCUT2D eigenvalue weighted by molar-refractivity contribution is 7.47. The molecule has 0 aliphatic carbocycles. The van der Waals surface area contributed by atoms with Crippen molar-refractivity contribution in [2.45, 2.75) is 38.5 Å². The van der Waals surface area contributed by atoms with E-state index in [1.54, 1.807) is 0 Å². The number of unbranched alkanes of at least 4 members (excludes halogenated alkanes) is 4. The van der Waals surface area contributed by atoms with Gasteiger partial charge in [0.25, 0.3) is 0 Å². The molecule has 0 spiro atoms. The standard InChI is InChI=1S/C16H27O8P/c1-3-15(17)21-11-7-5-9-13-23-25(19,20)24-14-10-6-8-12-22-16(18)4-2/h3-4H,1-2,5-14H2,(H,19,20). The molecule has 0 aliphatic heterocycles. The Morgan fingerprint density at radius 3 is 1.48 bits per heavy atom. The Balaban J connectivity index is 3.50. The van der Waals surface area contributed by atoms with Crippen molar-refractivity contribution < 1.29 is 37.6 Å². The first kappa shape index (κ1) is 23.5. The molecule has 0 fully saturated rings. The number of hydrogen-bond acceptors (Lipinski definition) is 7. The summed E-state index contributed by atoms with van der Waals surface area (Å²) in [7, 11) is -4.04. The molecule has 25 heavy (non-hydrogen) atoms. The molecule has 0 heterocycles. The maximum atomic E-state index is 11.6. The van der Waals surface area contributed by atoms with Gasteiger partial charge in [-0.25, -0.2) is 14.2 Å². The largest absolute Gasteiger partial charge is 0.472 e. The number of carbonyl (C=O) groups is 2. The average molecular weight is 378 g/mol. The number of hydrogen-bond donors (Lipinski definition) is 1. The van der Waals surface area contributed by atoms with Crippen LogP contribution in [0, 0.1) is 0 Å². The molecule has 0 saturated heterocycles. The van der Waals surface area contributed by atoms with Crippen molar-refractivity contribution in [3.63, 3.8) is 0 Å². The molecule has 1 N–H and O–H groups in total. The van der Waals surface area contributed by atoms with Crippen molar-refractivity contribution in [2.24, 2.45) is 0 Å². The molecule has 0 aromatic heterocycles. The lowest BCUT2D eigenvalue weighted by molar-refractivity contribution is -0.138. The van der Waals surface area contributed by atoms with Crippen LogP contribution in [-0.2, 0) is 32.7 Å². The minimum Gasteiger partial charge on any atom is -0.463 e. The highest BCUT2D eigenvalue weighted by Gasteiger charge is 2.19. The Hall–Kier alpha value is -1.47. The van der Waals surface area contributed by atoms with Crippen molar-refractivity contribution in [1.29, 1.82) is 0 Å². The van der Waals surface area contributed by atoms with Crippen molar-refractivity contribution in [1.82, 2.24) is 0 Å². The fourth-order valence-electron chi connectivity index (χ4n) is 1.62. The van der Waals surface area contributed by atoms with E-state index < -0.39 is 19.8 Å². The zero-order chi connectivity index (χ0) is 19.0. The van der Waals surface area contributed by atoms with Crippen LogP contribution < -0.4 is 0 Å². The van der Waals surface area contributed by atoms with Crippen LogP contribution in [0.25, 0.3) is 0 Å². The zero-order valence-corrected chi connectivity index (χ0v) is 15.3. The maximum Gasteiger partial charge on any atom is 0.472 e. The molecule has 0 amide bonds. The van der Waals surface area contributed by atoms with E-state index >= 15 is 0 Å². The topological polar surface area (TPSA) is 108 Å². The van der Waals surface area contributed by atoms with E-state index in [1.165, 1.54) is 0 Å². The highest BCUT2D eigenvalue weighted by Crippen LogP contribution is 2.43. The molecule has 0 bridgehead atoms. The van der Waals surface area contributed by atoms with Gasteiger partial charge in [0.05, 0.1) is 26.4 Å². The van der Waals surface area contributed by atoms with Gasteiger partial charge in [0.15, 0.2) is 0 Å². The second-order valence-electron chi connectivity index (χ2n) is 5.00. The third-order valence-corrected chi connectivity index (χ3v) is 3.93. The van der Waals surface area contributed by atoms with Gasteiger partial charge in [-0.15, -0.1) is 0 Å². The van der Waals surface area contributed by atoms with Crippen LogP contribution in [-0.4, -0.2) is 43.3 Å². The maximum absolute atomic E-state index is 11.6. The fraction of sp³-hybridized carbons (Fsp3) is 0.625. The predicted molar refractivity (Wildman–Crippen MR) is 91.7 cm³/mol. The van der Waals surface area contributed by atoms with Crippen LogP contribution in [0.2, 0.25) is 0 Å². The molecule has 8 nitrogen and oxygen atoms in total. The van der Waals surface area contributed by atoms with Crippen molar-refractivity contribution in [2.75, 3.05) is 26.4 Å². The van der Waals surface area contributed by atoms with Crippen LogP contribution in [0.15, 0.2) is 25.3 Å². The van der Waals surface area contributed by atoms with Gasteiger partial charge in [0.2, 0.25) is 0 Å². The number of phosphoric ester groups is 1. The first-order valence-corrected chi connectivity index (χ1v) is 9.61. The van der Waals surface area contributed by atoms with Gasteiger partial charge < -0.3 is 14.4 Å². The molecule has 0 unspecified atom stereocenters. The van der Waals surface area contributed by atoms with Gasteiger partial charge in [-0.3, -0.25) is 9.05 Å². The Bertz CT molecular complexity index is 425. The lowest BCUT2D eigenvalue weighted by Crippen LogP contribution is -2.03. The lowest BCUT2D eigenvalue weighted by atomic mass is 10.2. The molecule has 0 saturated carbocycles. The Morgan fingerprint density at radius 2 is 1.12 bits per heavy atom. The summed E-state index contributed by atoms with van der Waals surface area (Å²) in [4.78, 5) is 31.0. The molecular formula is C16H27O8P. The summed E-state index contributed by atoms with van der Waals surface area (Å²) in [6.45, 7) is 7.29. The first-order chi connectivity index (χ1) is 11.9. The molecule has 9 heteroatoms. The second kappa shape index (κ2) is 14.8. The van der Waals surface area contributed by atoms with Crippen LogP contribution in [0.5, 0.6) is 0 Å². The third kappa shape index (κ3) is 15.8. The van der Waals surface area contributed by atoms with E-state index in [9.17, 15) is 19.0 Å². The smallest absolute Gasteiger partial charge is 0.463 e. The Kier molecular flexibility index (Phi) is 14.0. The minimum absolute atomic E-state index is 0.0840. The van der Waals surface area contributed by atoms with Gasteiger partial charge in [0.1, 0.15) is 0 Å². The molecule has 0 aromatic rings. The molecule has 144 valence electrons. The fourth-order valence-corrected chi connectivity index (χ4v) is 2.42. The van der Waals surface area contributed by atoms with Crippen molar-refractivity contribution >= 4 is 19.8 Å². The lowest BCUT2D eigenvalue weighted by Gasteiger charge is -2.12. The summed E-state index contributed by atoms with van der Waals surface area (Å²) in [5, 5.41) is 0. The van der Waals surface area contributed by atoms with Gasteiger partial charge >= 0.3 is 19.8 Å². The van der Waals surface area contributed by atoms with Crippen molar-refractivity contribution in [3.8, 4) is 0 Å². The molecule has 0 aromatic carbocycles. The highest BCUT2D eigenvalue weighted by atomic mass is 31.2. The number of ether oxygens (including phenoxy) is 2. The predicted octanol–water partition coefficient (Wildman–Crippen LogP) is 2.92. The molecule has 0 rings (SSSR count). The first-order valence-electron chi connectivity index (χ1n) is 8.11. The Labute approximate surface area is 148 Å². The van der Waals surface area contributed by atoms with E-state index in [-0.39, 0.29) is 26.4 Å². The average Bonchev–Trinajstić information content (AvgIpc) is 2.59. The molecular weight excluding hydrogens is 351 g/mol. The van der Waals surface area contributed by atoms with Gasteiger partial charge in [0, 0.05) is 12.2 Å². The molecule has 0 radical (unpaired) electrons. The monoisotopic (exact) mass is 378 g/mol. The van der Waals surface area contributed by atoms with E-state index in [4.69, 9.17) is 18.5 Å². The normalized spacial score (nSPS) is 10.9. The minimum atomic E-state index is -4.04. The number of phosphoric acid groups is 1. The number of rotatable bonds is 16. The summed E-state index contributed by atoms with van der Waals surface area (Å²) in [5.74, 6) is -0.938. The SMILES string of the molecule is C=CC(=O)OCCCCCOP(=O)(O)OCCCCCOC(=O)C=C. The second-order valence-corrected chi connectivity index (χ2v) is 6.45. The number of esters is 2. The van der Waals surface area contributed by atoms with Crippen LogP contribution in [0.4, 0.5) is 0 Å². The summed E-state index contributed by atoms with van der Waals surface area (Å²) >= 11 is 0. The number of carbonyl (C=O) groups excluding carboxylic acids is 2. The molecule has 0 atom stereocenters. The van der Waals surface area contributed by atoms with Gasteiger partial charge in [-0.2, -0.15) is 0 Å². The summed E-state index contributed by atoms with van der Waals surface area (Å²) in [5.41, 5.74) is 0. The van der Waals surface area contributed by atoms with Gasteiger partial charge in [-0.1, -0.05) is 13.2 Å². The zero-order valence-electron chi connectivity index (χ0n) is 14.4. The summed E-state index contributed by atoms with van der Waals surface area (Å²) in [6.07, 6.45) is 5.93. The van der Waals surface area contributed by atoms with Crippen LogP contribution >= 0.6 is 7.82 Å². The van der Waals surface area contributed by atoms with Crippen LogP contribution in [0.3, 0.4) is 0 Å². The van der Waals surface area contributed by atoms with E-state index in [1.807, 2.05) is 0 Å². The van der Waals surface area contributed by atoms with E-state index in [0.717, 1.165) is 12.2 Å². The Morgan fingerprint density at radius 1 is 0.760 bits per heavy atom. The quantitative estimate of drug-likeness (QED) is 0.189. The summed E-state index contributed by atoms with van der Waals surface area (Å²) in [6, 6.07) is 0. The molecule has 0 aliphatic rings. The van der Waals surface area contributed by atoms with E-state index in [2.05, 4.69) is 13.2 Å². The third-order valence-electron chi connectivity index (χ3n) is 2.91.